The predicted molar refractivity (Wildman–Crippen MR) is 185 cm³/mol. The van der Waals surface area contributed by atoms with Gasteiger partial charge in [0.25, 0.3) is 0 Å². The zero-order chi connectivity index (χ0) is 33.7. The molecule has 0 spiro atoms. The first-order valence-corrected chi connectivity index (χ1v) is 17.0. The van der Waals surface area contributed by atoms with Gasteiger partial charge in [-0.15, -0.1) is 0 Å². The number of hydrogen-bond acceptors (Lipinski definition) is 10. The molecule has 2 N–H and O–H groups in total. The summed E-state index contributed by atoms with van der Waals surface area (Å²) < 4.78 is 34.0. The number of rotatable bonds is 10. The number of H-pyrrole nitrogens is 2. The number of thioether (sulfide) groups is 1. The number of ether oxygens (including phenoxy) is 4. The smallest absolute Gasteiger partial charge is 0.197 e. The quantitative estimate of drug-likeness (QED) is 0.150. The fourth-order valence-corrected chi connectivity index (χ4v) is 7.13. The van der Waals surface area contributed by atoms with Crippen LogP contribution in [0.1, 0.15) is 33.6 Å². The highest BCUT2D eigenvalue weighted by atomic mass is 32.2. The molecular formula is C34H38N6O5S2. The highest BCUT2D eigenvalue weighted by molar-refractivity contribution is 7.98. The maximum Gasteiger partial charge on any atom is 0.197 e. The first-order chi connectivity index (χ1) is 22.6. The SMILES string of the molecule is COc1ccc2nc(S(=O)Cc3ncc(C)c(OC)c3C)[nH]c2c1.COc1ccc2nc(SCc3ncc(C)c(OC)c3C)[nH]c2c1. The van der Waals surface area contributed by atoms with Crippen molar-refractivity contribution in [2.24, 2.45) is 0 Å². The molecule has 0 aliphatic rings. The number of nitrogens with one attached hydrogen (secondary N) is 2. The number of hydrogen-bond donors (Lipinski definition) is 2. The van der Waals surface area contributed by atoms with Crippen LogP contribution in [0.4, 0.5) is 0 Å². The minimum absolute atomic E-state index is 0.277. The van der Waals surface area contributed by atoms with E-state index in [4.69, 9.17) is 18.9 Å². The van der Waals surface area contributed by atoms with Gasteiger partial charge in [-0.2, -0.15) is 0 Å². The van der Waals surface area contributed by atoms with E-state index in [0.717, 1.165) is 89.6 Å². The van der Waals surface area contributed by atoms with Crippen LogP contribution < -0.4 is 18.9 Å². The minimum atomic E-state index is -1.33. The Morgan fingerprint density at radius 2 is 1.23 bits per heavy atom. The summed E-state index contributed by atoms with van der Waals surface area (Å²) in [6.45, 7) is 7.90. The lowest BCUT2D eigenvalue weighted by Crippen LogP contribution is -2.05. The van der Waals surface area contributed by atoms with Gasteiger partial charge < -0.3 is 28.9 Å². The zero-order valence-corrected chi connectivity index (χ0v) is 29.3. The van der Waals surface area contributed by atoms with Crippen LogP contribution in [-0.4, -0.2) is 62.6 Å². The summed E-state index contributed by atoms with van der Waals surface area (Å²) in [4.78, 5) is 24.3. The Morgan fingerprint density at radius 3 is 1.81 bits per heavy atom. The number of aryl methyl sites for hydroxylation is 2. The molecule has 6 rings (SSSR count). The minimum Gasteiger partial charge on any atom is -0.497 e. The summed E-state index contributed by atoms with van der Waals surface area (Å²) in [5.74, 6) is 4.25. The molecule has 0 saturated heterocycles. The highest BCUT2D eigenvalue weighted by Crippen LogP contribution is 2.30. The van der Waals surface area contributed by atoms with Crippen molar-refractivity contribution in [2.75, 3.05) is 28.4 Å². The van der Waals surface area contributed by atoms with E-state index in [2.05, 4.69) is 29.9 Å². The Hall–Kier alpha value is -4.62. The van der Waals surface area contributed by atoms with Crippen molar-refractivity contribution in [2.45, 2.75) is 49.5 Å². The van der Waals surface area contributed by atoms with E-state index in [9.17, 15) is 4.21 Å². The molecular weight excluding hydrogens is 637 g/mol. The van der Waals surface area contributed by atoms with Crippen molar-refractivity contribution < 1.29 is 23.2 Å². The molecule has 13 heteroatoms. The second-order valence-electron chi connectivity index (χ2n) is 10.7. The van der Waals surface area contributed by atoms with Crippen LogP contribution in [0.15, 0.2) is 59.1 Å². The fourth-order valence-electron chi connectivity index (χ4n) is 5.12. The molecule has 2 aromatic carbocycles. The second-order valence-corrected chi connectivity index (χ2v) is 13.1. The lowest BCUT2D eigenvalue weighted by atomic mass is 10.1. The first kappa shape index (κ1) is 33.7. The molecule has 4 aromatic heterocycles. The van der Waals surface area contributed by atoms with Crippen molar-refractivity contribution in [3.63, 3.8) is 0 Å². The van der Waals surface area contributed by atoms with Crippen molar-refractivity contribution >= 4 is 44.6 Å². The molecule has 0 amide bonds. The molecule has 0 radical (unpaired) electrons. The van der Waals surface area contributed by atoms with Gasteiger partial charge in [-0.05, 0) is 52.0 Å². The van der Waals surface area contributed by atoms with Gasteiger partial charge in [0.1, 0.15) is 23.0 Å². The molecule has 0 fully saturated rings. The monoisotopic (exact) mass is 674 g/mol. The van der Waals surface area contributed by atoms with Crippen LogP contribution in [0, 0.1) is 27.7 Å². The number of aromatic amines is 2. The Bertz CT molecular complexity index is 2060. The van der Waals surface area contributed by atoms with Crippen LogP contribution in [0.2, 0.25) is 0 Å². The number of pyridine rings is 2. The maximum absolute atomic E-state index is 12.7. The zero-order valence-electron chi connectivity index (χ0n) is 27.7. The third-order valence-corrected chi connectivity index (χ3v) is 9.71. The van der Waals surface area contributed by atoms with Gasteiger partial charge in [0.2, 0.25) is 0 Å². The van der Waals surface area contributed by atoms with Crippen LogP contribution in [0.3, 0.4) is 0 Å². The summed E-state index contributed by atoms with van der Waals surface area (Å²) in [6.07, 6.45) is 3.59. The van der Waals surface area contributed by atoms with Gasteiger partial charge in [0.15, 0.2) is 10.3 Å². The molecule has 246 valence electrons. The van der Waals surface area contributed by atoms with Crippen LogP contribution in [0.5, 0.6) is 23.0 Å². The van der Waals surface area contributed by atoms with Gasteiger partial charge in [0, 0.05) is 52.5 Å². The van der Waals surface area contributed by atoms with Gasteiger partial charge in [0.05, 0.1) is 78.4 Å². The second kappa shape index (κ2) is 14.9. The van der Waals surface area contributed by atoms with Crippen LogP contribution in [0.25, 0.3) is 22.1 Å². The molecule has 4 heterocycles. The summed E-state index contributed by atoms with van der Waals surface area (Å²) >= 11 is 1.63. The number of fused-ring (bicyclic) bond motifs is 2. The lowest BCUT2D eigenvalue weighted by Gasteiger charge is -2.11. The van der Waals surface area contributed by atoms with E-state index >= 15 is 0 Å². The largest absolute Gasteiger partial charge is 0.497 e. The predicted octanol–water partition coefficient (Wildman–Crippen LogP) is 6.78. The van der Waals surface area contributed by atoms with Crippen molar-refractivity contribution in [3.05, 3.63) is 82.4 Å². The van der Waals surface area contributed by atoms with E-state index in [1.807, 2.05) is 70.3 Å². The van der Waals surface area contributed by atoms with Crippen molar-refractivity contribution in [1.29, 1.82) is 0 Å². The Balaban J connectivity index is 0.000000185. The molecule has 0 saturated carbocycles. The van der Waals surface area contributed by atoms with E-state index in [1.165, 1.54) is 0 Å². The Kier molecular flexibility index (Phi) is 10.7. The average Bonchev–Trinajstić information content (AvgIpc) is 3.69. The first-order valence-electron chi connectivity index (χ1n) is 14.7. The number of benzene rings is 2. The summed E-state index contributed by atoms with van der Waals surface area (Å²) in [6, 6.07) is 11.3. The van der Waals surface area contributed by atoms with Gasteiger partial charge in [-0.1, -0.05) is 11.8 Å². The highest BCUT2D eigenvalue weighted by Gasteiger charge is 2.16. The number of aromatic nitrogens is 6. The molecule has 6 aromatic rings. The van der Waals surface area contributed by atoms with Gasteiger partial charge in [-0.3, -0.25) is 14.2 Å². The number of methoxy groups -OCH3 is 4. The molecule has 1 unspecified atom stereocenters. The molecule has 0 bridgehead atoms. The van der Waals surface area contributed by atoms with E-state index in [1.54, 1.807) is 46.4 Å². The molecule has 1 atom stereocenters. The Morgan fingerprint density at radius 1 is 0.702 bits per heavy atom. The van der Waals surface area contributed by atoms with Gasteiger partial charge >= 0.3 is 0 Å². The van der Waals surface area contributed by atoms with Crippen LogP contribution >= 0.6 is 11.8 Å². The summed E-state index contributed by atoms with van der Waals surface area (Å²) in [5, 5.41) is 1.30. The molecule has 11 nitrogen and oxygen atoms in total. The Labute approximate surface area is 280 Å². The standard InChI is InChI=1S/C17H19N3O3S.C17H19N3O2S/c1-10-8-18-15(11(2)16(10)23-4)9-24(21)17-19-13-6-5-12(22-3)7-14(13)20-17;1-10-8-18-15(11(2)16(10)22-4)9-23-17-19-13-6-5-12(21-3)7-14(13)20-17/h5-8H,9H2,1-4H3,(H,19,20);5-8H,9H2,1-4H3,(H,19,20). The fraction of sp³-hybridized carbons (Fsp3) is 0.294. The molecule has 0 aliphatic heterocycles. The molecule has 47 heavy (non-hydrogen) atoms. The third kappa shape index (κ3) is 7.52. The lowest BCUT2D eigenvalue weighted by molar-refractivity contribution is 0.407. The van der Waals surface area contributed by atoms with Crippen molar-refractivity contribution in [1.82, 2.24) is 29.9 Å². The average molecular weight is 675 g/mol. The van der Waals surface area contributed by atoms with Gasteiger partial charge in [-0.25, -0.2) is 9.97 Å². The number of nitrogens with zero attached hydrogens (tertiary/aromatic N) is 4. The van der Waals surface area contributed by atoms with E-state index in [-0.39, 0.29) is 5.75 Å². The summed E-state index contributed by atoms with van der Waals surface area (Å²) in [5.41, 5.74) is 9.20. The topological polar surface area (TPSA) is 137 Å². The van der Waals surface area contributed by atoms with Crippen molar-refractivity contribution in [3.8, 4) is 23.0 Å². The summed E-state index contributed by atoms with van der Waals surface area (Å²) in [7, 11) is 5.26. The van der Waals surface area contributed by atoms with Crippen LogP contribution in [-0.2, 0) is 22.3 Å². The maximum atomic E-state index is 12.7. The molecule has 0 aliphatic carbocycles. The van der Waals surface area contributed by atoms with E-state index < -0.39 is 10.8 Å². The third-order valence-electron chi connectivity index (χ3n) is 7.66. The number of imidazole rings is 2. The van der Waals surface area contributed by atoms with E-state index in [0.29, 0.717) is 5.16 Å². The normalized spacial score (nSPS) is 11.7.